The van der Waals surface area contributed by atoms with E-state index in [9.17, 15) is 0 Å². The van der Waals surface area contributed by atoms with Gasteiger partial charge in [0.05, 0.1) is 0 Å². The molecule has 3 rings (SSSR count). The second-order valence-electron chi connectivity index (χ2n) is 6.87. The molecule has 2 heterocycles. The fourth-order valence-electron chi connectivity index (χ4n) is 3.13. The van der Waals surface area contributed by atoms with E-state index in [2.05, 4.69) is 62.1 Å². The summed E-state index contributed by atoms with van der Waals surface area (Å²) in [5.41, 5.74) is 4.52. The van der Waals surface area contributed by atoms with Crippen LogP contribution in [-0.4, -0.2) is 17.7 Å². The molecule has 0 spiro atoms. The molecule has 1 aromatic heterocycles. The minimum Gasteiger partial charge on any atom is -0.350 e. The van der Waals surface area contributed by atoms with Gasteiger partial charge in [0.1, 0.15) is 0 Å². The van der Waals surface area contributed by atoms with Crippen LogP contribution in [0.1, 0.15) is 44.2 Å². The number of benzene rings is 1. The molecular weight excluding hydrogens is 232 g/mol. The first-order chi connectivity index (χ1) is 8.97. The standard InChI is InChI=1S/C17H24N2/c1-17(2,3)13-5-6-16-14(9-13)15(11-19(16)4)12-7-8-18-10-12/h5-6,9,11-12,18H,7-8,10H2,1-4H3. The lowest BCUT2D eigenvalue weighted by Crippen LogP contribution is -2.11. The molecule has 2 aromatic rings. The SMILES string of the molecule is Cn1cc(C2CCNC2)c2cc(C(C)(C)C)ccc21. The molecule has 1 aliphatic heterocycles. The van der Waals surface area contributed by atoms with Crippen molar-refractivity contribution in [2.45, 2.75) is 38.5 Å². The number of hydrogen-bond donors (Lipinski definition) is 1. The van der Waals surface area contributed by atoms with E-state index >= 15 is 0 Å². The highest BCUT2D eigenvalue weighted by Crippen LogP contribution is 2.33. The summed E-state index contributed by atoms with van der Waals surface area (Å²) in [6.45, 7) is 9.13. The van der Waals surface area contributed by atoms with Crippen LogP contribution >= 0.6 is 0 Å². The molecule has 1 fully saturated rings. The van der Waals surface area contributed by atoms with Crippen molar-refractivity contribution in [1.82, 2.24) is 9.88 Å². The van der Waals surface area contributed by atoms with Crippen molar-refractivity contribution in [2.24, 2.45) is 7.05 Å². The third kappa shape index (κ3) is 2.18. The molecule has 0 aliphatic carbocycles. The number of hydrogen-bond acceptors (Lipinski definition) is 1. The second kappa shape index (κ2) is 4.38. The Hall–Kier alpha value is -1.28. The molecule has 1 aliphatic rings. The average molecular weight is 256 g/mol. The lowest BCUT2D eigenvalue weighted by molar-refractivity contribution is 0.591. The summed E-state index contributed by atoms with van der Waals surface area (Å²) in [7, 11) is 2.16. The number of fused-ring (bicyclic) bond motifs is 1. The maximum absolute atomic E-state index is 3.48. The second-order valence-corrected chi connectivity index (χ2v) is 6.87. The molecule has 102 valence electrons. The zero-order valence-electron chi connectivity index (χ0n) is 12.5. The Morgan fingerprint density at radius 2 is 2.05 bits per heavy atom. The minimum absolute atomic E-state index is 0.217. The Balaban J connectivity index is 2.16. The van der Waals surface area contributed by atoms with Crippen molar-refractivity contribution in [3.05, 3.63) is 35.5 Å². The van der Waals surface area contributed by atoms with Crippen LogP contribution in [0, 0.1) is 0 Å². The number of aromatic nitrogens is 1. The molecule has 2 heteroatoms. The van der Waals surface area contributed by atoms with Crippen LogP contribution in [0.3, 0.4) is 0 Å². The molecule has 1 N–H and O–H groups in total. The summed E-state index contributed by atoms with van der Waals surface area (Å²) in [4.78, 5) is 0. The first-order valence-electron chi connectivity index (χ1n) is 7.27. The van der Waals surface area contributed by atoms with E-state index < -0.39 is 0 Å². The molecule has 0 bridgehead atoms. The van der Waals surface area contributed by atoms with E-state index in [1.54, 1.807) is 0 Å². The van der Waals surface area contributed by atoms with E-state index in [-0.39, 0.29) is 5.41 Å². The summed E-state index contributed by atoms with van der Waals surface area (Å²) < 4.78 is 2.27. The Labute approximate surface area is 115 Å². The van der Waals surface area contributed by atoms with Gasteiger partial charge in [0.2, 0.25) is 0 Å². The summed E-state index contributed by atoms with van der Waals surface area (Å²) in [6.07, 6.45) is 3.59. The first-order valence-corrected chi connectivity index (χ1v) is 7.27. The average Bonchev–Trinajstić information content (AvgIpc) is 2.96. The molecule has 0 amide bonds. The quantitative estimate of drug-likeness (QED) is 0.825. The number of nitrogens with one attached hydrogen (secondary N) is 1. The van der Waals surface area contributed by atoms with Crippen molar-refractivity contribution in [3.63, 3.8) is 0 Å². The molecule has 1 unspecified atom stereocenters. The highest BCUT2D eigenvalue weighted by Gasteiger charge is 2.22. The monoisotopic (exact) mass is 256 g/mol. The third-order valence-electron chi connectivity index (χ3n) is 4.39. The van der Waals surface area contributed by atoms with Crippen molar-refractivity contribution < 1.29 is 0 Å². The number of aryl methyl sites for hydroxylation is 1. The van der Waals surface area contributed by atoms with Gasteiger partial charge in [-0.2, -0.15) is 0 Å². The lowest BCUT2D eigenvalue weighted by Gasteiger charge is -2.19. The van der Waals surface area contributed by atoms with Crippen LogP contribution in [0.25, 0.3) is 10.9 Å². The molecule has 1 aromatic carbocycles. The molecule has 2 nitrogen and oxygen atoms in total. The predicted octanol–water partition coefficient (Wildman–Crippen LogP) is 3.55. The van der Waals surface area contributed by atoms with Gasteiger partial charge in [-0.3, -0.25) is 0 Å². The van der Waals surface area contributed by atoms with E-state index in [4.69, 9.17) is 0 Å². The highest BCUT2D eigenvalue weighted by molar-refractivity contribution is 5.85. The summed E-state index contributed by atoms with van der Waals surface area (Å²) in [5.74, 6) is 0.680. The zero-order valence-corrected chi connectivity index (χ0v) is 12.5. The van der Waals surface area contributed by atoms with E-state index in [0.29, 0.717) is 5.92 Å². The normalized spacial score (nSPS) is 20.3. The predicted molar refractivity (Wildman–Crippen MR) is 81.8 cm³/mol. The largest absolute Gasteiger partial charge is 0.350 e. The van der Waals surface area contributed by atoms with Gasteiger partial charge >= 0.3 is 0 Å². The molecular formula is C17H24N2. The molecule has 1 atom stereocenters. The van der Waals surface area contributed by atoms with Gasteiger partial charge in [-0.25, -0.2) is 0 Å². The third-order valence-corrected chi connectivity index (χ3v) is 4.39. The van der Waals surface area contributed by atoms with Crippen LogP contribution in [0.2, 0.25) is 0 Å². The van der Waals surface area contributed by atoms with Crippen LogP contribution < -0.4 is 5.32 Å². The number of nitrogens with zero attached hydrogens (tertiary/aromatic N) is 1. The van der Waals surface area contributed by atoms with Gasteiger partial charge in [0.25, 0.3) is 0 Å². The van der Waals surface area contributed by atoms with Gasteiger partial charge in [-0.15, -0.1) is 0 Å². The van der Waals surface area contributed by atoms with E-state index in [1.165, 1.54) is 28.5 Å². The van der Waals surface area contributed by atoms with Crippen LogP contribution in [0.15, 0.2) is 24.4 Å². The van der Waals surface area contributed by atoms with Gasteiger partial charge in [-0.05, 0) is 47.6 Å². The van der Waals surface area contributed by atoms with Crippen molar-refractivity contribution in [1.29, 1.82) is 0 Å². The summed E-state index contributed by atoms with van der Waals surface area (Å²) in [6, 6.07) is 6.96. The van der Waals surface area contributed by atoms with E-state index in [1.807, 2.05) is 0 Å². The van der Waals surface area contributed by atoms with E-state index in [0.717, 1.165) is 13.1 Å². The minimum atomic E-state index is 0.217. The molecule has 0 saturated carbocycles. The summed E-state index contributed by atoms with van der Waals surface area (Å²) in [5, 5.41) is 4.93. The lowest BCUT2D eigenvalue weighted by atomic mass is 9.85. The molecule has 19 heavy (non-hydrogen) atoms. The number of rotatable bonds is 1. The first kappa shape index (κ1) is 12.7. The topological polar surface area (TPSA) is 17.0 Å². The fraction of sp³-hybridized carbons (Fsp3) is 0.529. The Bertz CT molecular complexity index is 595. The molecule has 1 saturated heterocycles. The maximum Gasteiger partial charge on any atom is 0.0480 e. The van der Waals surface area contributed by atoms with Crippen molar-refractivity contribution in [2.75, 3.05) is 13.1 Å². The highest BCUT2D eigenvalue weighted by atomic mass is 14.9. The maximum atomic E-state index is 3.48. The van der Waals surface area contributed by atoms with Gasteiger partial charge in [0, 0.05) is 30.7 Å². The smallest absolute Gasteiger partial charge is 0.0480 e. The zero-order chi connectivity index (χ0) is 13.6. The van der Waals surface area contributed by atoms with Crippen LogP contribution in [0.4, 0.5) is 0 Å². The van der Waals surface area contributed by atoms with Crippen LogP contribution in [0.5, 0.6) is 0 Å². The van der Waals surface area contributed by atoms with Crippen LogP contribution in [-0.2, 0) is 12.5 Å². The van der Waals surface area contributed by atoms with Crippen molar-refractivity contribution >= 4 is 10.9 Å². The Kier molecular flexibility index (Phi) is 2.94. The van der Waals surface area contributed by atoms with Gasteiger partial charge in [-0.1, -0.05) is 26.8 Å². The fourth-order valence-corrected chi connectivity index (χ4v) is 3.13. The van der Waals surface area contributed by atoms with Crippen molar-refractivity contribution in [3.8, 4) is 0 Å². The summed E-state index contributed by atoms with van der Waals surface area (Å²) >= 11 is 0. The van der Waals surface area contributed by atoms with Gasteiger partial charge < -0.3 is 9.88 Å². The Morgan fingerprint density at radius 3 is 2.68 bits per heavy atom. The van der Waals surface area contributed by atoms with Gasteiger partial charge in [0.15, 0.2) is 0 Å². The Morgan fingerprint density at radius 1 is 1.26 bits per heavy atom. The molecule has 0 radical (unpaired) electrons.